The zero-order chi connectivity index (χ0) is 18.5. The number of fused-ring (bicyclic) bond motifs is 2. The Labute approximate surface area is 176 Å². The summed E-state index contributed by atoms with van der Waals surface area (Å²) >= 11 is 1.75. The number of aliphatic hydroxyl groups excluding tert-OH is 1. The van der Waals surface area contributed by atoms with Crippen molar-refractivity contribution in [1.29, 1.82) is 0 Å². The number of hydrogen-bond donors (Lipinski definition) is 1. The number of aromatic nitrogens is 1. The smallest absolute Gasteiger partial charge is 0.155 e. The second-order valence-electron chi connectivity index (χ2n) is 5.83. The van der Waals surface area contributed by atoms with Crippen molar-refractivity contribution in [3.05, 3.63) is 78.7 Å². The number of hydrogen-bond acceptors (Lipinski definition) is 4. The minimum Gasteiger partial charge on any atom is -0.512 e. The van der Waals surface area contributed by atoms with Crippen LogP contribution in [-0.2, 0) is 25.9 Å². The average molecular weight is 556 g/mol. The molecule has 0 saturated heterocycles. The van der Waals surface area contributed by atoms with Crippen molar-refractivity contribution < 1.29 is 31.0 Å². The number of rotatable bonds is 2. The molecular weight excluding hydrogens is 537 g/mol. The summed E-state index contributed by atoms with van der Waals surface area (Å²) in [5.41, 5.74) is 1.03. The van der Waals surface area contributed by atoms with Crippen LogP contribution in [0.3, 0.4) is 0 Å². The Hall–Kier alpha value is -2.29. The minimum absolute atomic E-state index is 0. The Kier molecular flexibility index (Phi) is 7.46. The van der Waals surface area contributed by atoms with Gasteiger partial charge >= 0.3 is 0 Å². The first-order valence-electron chi connectivity index (χ1n) is 8.17. The zero-order valence-corrected chi connectivity index (χ0v) is 18.0. The third-order valence-electron chi connectivity index (χ3n) is 3.65. The Morgan fingerprint density at radius 2 is 1.78 bits per heavy atom. The molecule has 0 bridgehead atoms. The van der Waals surface area contributed by atoms with E-state index in [0.29, 0.717) is 0 Å². The summed E-state index contributed by atoms with van der Waals surface area (Å²) in [7, 11) is 0. The van der Waals surface area contributed by atoms with E-state index in [1.165, 1.54) is 35.4 Å². The van der Waals surface area contributed by atoms with Crippen LogP contribution in [-0.4, -0.2) is 15.9 Å². The average Bonchev–Trinajstić information content (AvgIpc) is 3.04. The first-order chi connectivity index (χ1) is 12.5. The molecule has 0 amide bonds. The first kappa shape index (κ1) is 21.0. The molecule has 0 aliphatic carbocycles. The van der Waals surface area contributed by atoms with E-state index >= 15 is 0 Å². The molecule has 2 aromatic heterocycles. The topological polar surface area (TPSA) is 50.2 Å². The quantitative estimate of drug-likeness (QED) is 0.189. The summed E-state index contributed by atoms with van der Waals surface area (Å²) in [5, 5.41) is 11.9. The number of nitrogens with zero attached hydrogens (tertiary/aromatic N) is 1. The molecule has 4 rings (SSSR count). The fraction of sp³-hybridized carbons (Fsp3) is 0.0909. The molecule has 4 aromatic rings. The Bertz CT molecular complexity index is 1060. The fourth-order valence-electron chi connectivity index (χ4n) is 2.62. The van der Waals surface area contributed by atoms with E-state index < -0.39 is 0 Å². The molecule has 140 valence electrons. The summed E-state index contributed by atoms with van der Waals surface area (Å²) in [4.78, 5) is 15.7. The Morgan fingerprint density at radius 1 is 1.07 bits per heavy atom. The van der Waals surface area contributed by atoms with E-state index in [4.69, 9.17) is 5.11 Å². The zero-order valence-electron chi connectivity index (χ0n) is 14.9. The van der Waals surface area contributed by atoms with E-state index in [0.717, 1.165) is 16.0 Å². The van der Waals surface area contributed by atoms with Crippen LogP contribution in [0.15, 0.2) is 72.6 Å². The number of thiophene rings is 1. The van der Waals surface area contributed by atoms with E-state index in [1.807, 2.05) is 18.3 Å². The second kappa shape index (κ2) is 9.59. The summed E-state index contributed by atoms with van der Waals surface area (Å²) in [6.07, 6.45) is 3.04. The summed E-state index contributed by atoms with van der Waals surface area (Å²) in [5.74, 6) is -0.0625. The van der Waals surface area contributed by atoms with Gasteiger partial charge < -0.3 is 10.1 Å². The van der Waals surface area contributed by atoms with E-state index in [1.54, 1.807) is 11.3 Å². The van der Waals surface area contributed by atoms with Crippen molar-refractivity contribution in [2.24, 2.45) is 0 Å². The number of ketones is 1. The van der Waals surface area contributed by atoms with Crippen LogP contribution in [0.1, 0.15) is 13.8 Å². The molecule has 1 N–H and O–H groups in total. The number of benzene rings is 2. The van der Waals surface area contributed by atoms with Crippen molar-refractivity contribution >= 4 is 38.0 Å². The fourth-order valence-corrected chi connectivity index (χ4v) is 3.63. The van der Waals surface area contributed by atoms with Gasteiger partial charge in [-0.05, 0) is 40.3 Å². The summed E-state index contributed by atoms with van der Waals surface area (Å²) in [6, 6.07) is 22.2. The Morgan fingerprint density at radius 3 is 2.44 bits per heavy atom. The van der Waals surface area contributed by atoms with Crippen LogP contribution >= 0.6 is 11.3 Å². The Balaban J connectivity index is 0.000000285. The van der Waals surface area contributed by atoms with Crippen LogP contribution in [0.25, 0.3) is 31.4 Å². The SMILES string of the molecule is CC(=O)/C=C(/C)O.[Pt].[c-]1c(-c2nccc3ccccc23)sc2ccccc12. The molecular formula is C22H18NO2PtS-. The predicted octanol–water partition coefficient (Wildman–Crippen LogP) is 5.95. The molecule has 3 nitrogen and oxygen atoms in total. The number of aliphatic hydroxyl groups is 1. The van der Waals surface area contributed by atoms with Gasteiger partial charge in [-0.25, -0.2) is 11.3 Å². The predicted molar refractivity (Wildman–Crippen MR) is 108 cm³/mol. The molecule has 0 fully saturated rings. The van der Waals surface area contributed by atoms with Gasteiger partial charge in [-0.3, -0.25) is 4.79 Å². The van der Waals surface area contributed by atoms with Gasteiger partial charge in [-0.15, -0.1) is 23.6 Å². The number of carbonyl (C=O) groups is 1. The van der Waals surface area contributed by atoms with Gasteiger partial charge in [0.15, 0.2) is 5.78 Å². The maximum absolute atomic E-state index is 10.0. The van der Waals surface area contributed by atoms with Crippen LogP contribution in [0.4, 0.5) is 0 Å². The van der Waals surface area contributed by atoms with Crippen molar-refractivity contribution in [3.8, 4) is 10.6 Å². The minimum atomic E-state index is -0.125. The van der Waals surface area contributed by atoms with Gasteiger partial charge in [0.2, 0.25) is 0 Å². The number of allylic oxidation sites excluding steroid dienone is 2. The van der Waals surface area contributed by atoms with Crippen LogP contribution in [0.5, 0.6) is 0 Å². The van der Waals surface area contributed by atoms with E-state index in [9.17, 15) is 4.79 Å². The maximum Gasteiger partial charge on any atom is 0.155 e. The van der Waals surface area contributed by atoms with Gasteiger partial charge in [-0.2, -0.15) is 0 Å². The molecule has 0 aliphatic rings. The van der Waals surface area contributed by atoms with E-state index in [-0.39, 0.29) is 32.6 Å². The van der Waals surface area contributed by atoms with Gasteiger partial charge in [-0.1, -0.05) is 36.4 Å². The first-order valence-corrected chi connectivity index (χ1v) is 8.99. The molecule has 2 heterocycles. The van der Waals surface area contributed by atoms with Crippen LogP contribution < -0.4 is 0 Å². The largest absolute Gasteiger partial charge is 0.512 e. The maximum atomic E-state index is 10.0. The molecule has 0 unspecified atom stereocenters. The van der Waals surface area contributed by atoms with Gasteiger partial charge in [0.05, 0.1) is 5.76 Å². The molecule has 5 heteroatoms. The second-order valence-corrected chi connectivity index (χ2v) is 6.88. The van der Waals surface area contributed by atoms with Gasteiger partial charge in [0, 0.05) is 39.0 Å². The third-order valence-corrected chi connectivity index (χ3v) is 4.72. The van der Waals surface area contributed by atoms with Gasteiger partial charge in [0.25, 0.3) is 0 Å². The van der Waals surface area contributed by atoms with Crippen molar-refractivity contribution in [1.82, 2.24) is 4.98 Å². The van der Waals surface area contributed by atoms with Crippen LogP contribution in [0.2, 0.25) is 0 Å². The van der Waals surface area contributed by atoms with Crippen molar-refractivity contribution in [3.63, 3.8) is 0 Å². The van der Waals surface area contributed by atoms with Gasteiger partial charge in [0.1, 0.15) is 0 Å². The molecule has 0 radical (unpaired) electrons. The molecule has 0 spiro atoms. The monoisotopic (exact) mass is 555 g/mol. The molecule has 2 aromatic carbocycles. The summed E-state index contributed by atoms with van der Waals surface area (Å²) < 4.78 is 1.26. The number of pyridine rings is 1. The molecule has 0 saturated carbocycles. The molecule has 0 aliphatic heterocycles. The normalized spacial score (nSPS) is 10.8. The third kappa shape index (κ3) is 5.35. The standard InChI is InChI=1S/C17H10NS.C5H8O2.Pt/c1-3-7-14-12(5-1)9-10-18-17(14)16-11-13-6-2-4-8-15(13)19-16;1-4(6)3-5(2)7;/h1-10H;3,6H,1-2H3;/q-1;;/b;4-3-;. The molecule has 27 heavy (non-hydrogen) atoms. The summed E-state index contributed by atoms with van der Waals surface area (Å²) in [6.45, 7) is 2.85. The number of carbonyl (C=O) groups excluding carboxylic acids is 1. The van der Waals surface area contributed by atoms with Crippen LogP contribution in [0, 0.1) is 6.07 Å². The molecule has 0 atom stereocenters. The van der Waals surface area contributed by atoms with E-state index in [2.05, 4.69) is 53.5 Å². The van der Waals surface area contributed by atoms with Crippen molar-refractivity contribution in [2.45, 2.75) is 13.8 Å². The van der Waals surface area contributed by atoms with Crippen molar-refractivity contribution in [2.75, 3.05) is 0 Å².